The van der Waals surface area contributed by atoms with Gasteiger partial charge in [-0.05, 0) is 19.5 Å². The number of rotatable bonds is 2. The van der Waals surface area contributed by atoms with Crippen molar-refractivity contribution in [3.8, 4) is 0 Å². The van der Waals surface area contributed by atoms with Gasteiger partial charge in [0.25, 0.3) is 0 Å². The van der Waals surface area contributed by atoms with E-state index in [2.05, 4.69) is 18.5 Å². The molecule has 84 valence electrons. The van der Waals surface area contributed by atoms with Gasteiger partial charge in [0, 0.05) is 25.6 Å². The minimum Gasteiger partial charge on any atom is -0.331 e. The van der Waals surface area contributed by atoms with Crippen LogP contribution in [0.5, 0.6) is 0 Å². The number of nitrogens with one attached hydrogen (secondary N) is 1. The molecule has 0 unspecified atom stereocenters. The molecule has 1 N–H and O–H groups in total. The lowest BCUT2D eigenvalue weighted by molar-refractivity contribution is -0.125. The van der Waals surface area contributed by atoms with Crippen molar-refractivity contribution in [2.24, 2.45) is 0 Å². The molecule has 0 aromatic heterocycles. The third-order valence-corrected chi connectivity index (χ3v) is 1.72. The minimum atomic E-state index is -0.0625. The van der Waals surface area contributed by atoms with Gasteiger partial charge in [0.1, 0.15) is 0 Å². The molecule has 4 nitrogen and oxygen atoms in total. The summed E-state index contributed by atoms with van der Waals surface area (Å²) in [5.41, 5.74) is 0.688. The van der Waals surface area contributed by atoms with Crippen LogP contribution in [0.1, 0.15) is 26.7 Å². The number of carbonyl (C=O) groups is 2. The van der Waals surface area contributed by atoms with E-state index >= 15 is 0 Å². The van der Waals surface area contributed by atoms with Gasteiger partial charge in [-0.15, -0.1) is 0 Å². The maximum Gasteiger partial charge on any atom is 0.226 e. The Morgan fingerprint density at radius 2 is 2.13 bits per heavy atom. The molecule has 15 heavy (non-hydrogen) atoms. The van der Waals surface area contributed by atoms with Crippen LogP contribution in [0.4, 0.5) is 0 Å². The molecule has 1 fully saturated rings. The van der Waals surface area contributed by atoms with Crippen LogP contribution in [0.2, 0.25) is 0 Å². The zero-order valence-corrected chi connectivity index (χ0v) is 9.38. The summed E-state index contributed by atoms with van der Waals surface area (Å²) in [6.45, 7) is 11.0. The Labute approximate surface area is 90.6 Å². The smallest absolute Gasteiger partial charge is 0.226 e. The lowest BCUT2D eigenvalue weighted by Crippen LogP contribution is -2.16. The van der Waals surface area contributed by atoms with Gasteiger partial charge in [-0.3, -0.25) is 9.59 Å². The van der Waals surface area contributed by atoms with Crippen molar-refractivity contribution in [1.29, 1.82) is 0 Å². The molecular weight excluding hydrogens is 192 g/mol. The number of likely N-dealkylation sites (tertiary alicyclic amines) is 1. The summed E-state index contributed by atoms with van der Waals surface area (Å²) < 4.78 is 0. The summed E-state index contributed by atoms with van der Waals surface area (Å²) >= 11 is 0. The fraction of sp³-hybridized carbons (Fsp3) is 0.455. The number of hydrogen-bond acceptors (Lipinski definition) is 2. The summed E-state index contributed by atoms with van der Waals surface area (Å²) in [6, 6.07) is 0. The van der Waals surface area contributed by atoms with Crippen LogP contribution < -0.4 is 5.32 Å². The van der Waals surface area contributed by atoms with Gasteiger partial charge in [-0.25, -0.2) is 0 Å². The van der Waals surface area contributed by atoms with Crippen LogP contribution in [0.25, 0.3) is 0 Å². The summed E-state index contributed by atoms with van der Waals surface area (Å²) in [5.74, 6) is 0.146. The van der Waals surface area contributed by atoms with Crippen LogP contribution in [-0.4, -0.2) is 23.3 Å². The highest BCUT2D eigenvalue weighted by atomic mass is 16.2. The zero-order valence-electron chi connectivity index (χ0n) is 9.38. The van der Waals surface area contributed by atoms with Crippen molar-refractivity contribution >= 4 is 11.8 Å². The molecule has 2 amide bonds. The number of amides is 2. The van der Waals surface area contributed by atoms with Crippen molar-refractivity contribution in [3.05, 3.63) is 25.1 Å². The van der Waals surface area contributed by atoms with E-state index in [1.54, 1.807) is 18.0 Å². The summed E-state index contributed by atoms with van der Waals surface area (Å²) in [6.07, 6.45) is 3.28. The molecule has 0 aromatic carbocycles. The van der Waals surface area contributed by atoms with Gasteiger partial charge in [0.2, 0.25) is 11.8 Å². The number of carbonyl (C=O) groups excluding carboxylic acids is 2. The van der Waals surface area contributed by atoms with Crippen molar-refractivity contribution in [2.75, 3.05) is 6.54 Å². The summed E-state index contributed by atoms with van der Waals surface area (Å²) in [7, 11) is 0. The monoisotopic (exact) mass is 210 g/mol. The minimum absolute atomic E-state index is 0.0625. The molecule has 0 spiro atoms. The number of hydrogen-bond donors (Lipinski definition) is 1. The largest absolute Gasteiger partial charge is 0.331 e. The Morgan fingerprint density at radius 3 is 2.27 bits per heavy atom. The predicted molar refractivity (Wildman–Crippen MR) is 59.8 cm³/mol. The Bertz CT molecular complexity index is 260. The Balaban J connectivity index is 0.000000265. The van der Waals surface area contributed by atoms with Crippen molar-refractivity contribution < 1.29 is 9.59 Å². The van der Waals surface area contributed by atoms with E-state index in [1.165, 1.54) is 6.92 Å². The Kier molecular flexibility index (Phi) is 6.09. The molecular formula is C11H18N2O2. The summed E-state index contributed by atoms with van der Waals surface area (Å²) in [4.78, 5) is 22.4. The van der Waals surface area contributed by atoms with Crippen LogP contribution in [0.15, 0.2) is 25.1 Å². The third-order valence-electron chi connectivity index (χ3n) is 1.72. The quantitative estimate of drug-likeness (QED) is 0.749. The lowest BCUT2D eigenvalue weighted by atomic mass is 10.4. The Hall–Kier alpha value is -1.58. The highest BCUT2D eigenvalue weighted by Crippen LogP contribution is 2.08. The third kappa shape index (κ3) is 6.49. The van der Waals surface area contributed by atoms with E-state index in [0.717, 1.165) is 13.0 Å². The average molecular weight is 210 g/mol. The van der Waals surface area contributed by atoms with Gasteiger partial charge >= 0.3 is 0 Å². The van der Waals surface area contributed by atoms with Crippen LogP contribution >= 0.6 is 0 Å². The Morgan fingerprint density at radius 1 is 1.53 bits per heavy atom. The molecule has 1 rings (SSSR count). The molecule has 0 bridgehead atoms. The van der Waals surface area contributed by atoms with E-state index in [4.69, 9.17) is 0 Å². The molecule has 0 saturated carbocycles. The molecule has 1 aliphatic heterocycles. The van der Waals surface area contributed by atoms with Crippen molar-refractivity contribution in [2.45, 2.75) is 26.7 Å². The first kappa shape index (κ1) is 13.4. The highest BCUT2D eigenvalue weighted by molar-refractivity contribution is 5.78. The highest BCUT2D eigenvalue weighted by Gasteiger charge is 2.15. The van der Waals surface area contributed by atoms with Gasteiger partial charge in [-0.2, -0.15) is 0 Å². The second-order valence-corrected chi connectivity index (χ2v) is 3.33. The normalized spacial score (nSPS) is 14.0. The molecule has 0 aromatic rings. The van der Waals surface area contributed by atoms with E-state index in [0.29, 0.717) is 12.1 Å². The van der Waals surface area contributed by atoms with Gasteiger partial charge in [-0.1, -0.05) is 13.2 Å². The predicted octanol–water partition coefficient (Wildman–Crippen LogP) is 1.41. The molecule has 0 radical (unpaired) electrons. The molecule has 1 saturated heterocycles. The second-order valence-electron chi connectivity index (χ2n) is 3.33. The van der Waals surface area contributed by atoms with Crippen LogP contribution in [0.3, 0.4) is 0 Å². The van der Waals surface area contributed by atoms with E-state index < -0.39 is 0 Å². The van der Waals surface area contributed by atoms with Crippen LogP contribution in [0, 0.1) is 0 Å². The van der Waals surface area contributed by atoms with E-state index in [9.17, 15) is 9.59 Å². The second kappa shape index (κ2) is 6.81. The number of nitrogens with zero attached hydrogens (tertiary/aromatic N) is 1. The molecule has 0 aliphatic carbocycles. The van der Waals surface area contributed by atoms with Crippen LogP contribution in [-0.2, 0) is 9.59 Å². The first-order valence-corrected chi connectivity index (χ1v) is 4.82. The standard InChI is InChI=1S/C6H9NO.C5H9NO/c1-2-7-5-3-4-6(7)8;1-4(2)6-5(3)7/h2H,1,3-5H2;1H2,2-3H3,(H,6,7). The molecule has 1 aliphatic rings. The first-order chi connectivity index (χ1) is 6.97. The fourth-order valence-electron chi connectivity index (χ4n) is 1.16. The maximum absolute atomic E-state index is 10.7. The zero-order chi connectivity index (χ0) is 11.8. The van der Waals surface area contributed by atoms with Gasteiger partial charge in [0.05, 0.1) is 0 Å². The van der Waals surface area contributed by atoms with E-state index in [-0.39, 0.29) is 11.8 Å². The van der Waals surface area contributed by atoms with Crippen molar-refractivity contribution in [1.82, 2.24) is 10.2 Å². The molecule has 0 atom stereocenters. The average Bonchev–Trinajstić information content (AvgIpc) is 2.49. The lowest BCUT2D eigenvalue weighted by Gasteiger charge is -2.05. The fourth-order valence-corrected chi connectivity index (χ4v) is 1.16. The topological polar surface area (TPSA) is 49.4 Å². The molecule has 4 heteroatoms. The maximum atomic E-state index is 10.7. The van der Waals surface area contributed by atoms with Crippen molar-refractivity contribution in [3.63, 3.8) is 0 Å². The first-order valence-electron chi connectivity index (χ1n) is 4.82. The van der Waals surface area contributed by atoms with Gasteiger partial charge in [0.15, 0.2) is 0 Å². The number of allylic oxidation sites excluding steroid dienone is 1. The molecule has 1 heterocycles. The van der Waals surface area contributed by atoms with E-state index in [1.807, 2.05) is 0 Å². The SMILES string of the molecule is C=C(C)NC(C)=O.C=CN1CCCC1=O. The van der Waals surface area contributed by atoms with Gasteiger partial charge < -0.3 is 10.2 Å². The summed E-state index contributed by atoms with van der Waals surface area (Å²) in [5, 5.41) is 2.47.